The summed E-state index contributed by atoms with van der Waals surface area (Å²) in [6, 6.07) is 9.84. The predicted octanol–water partition coefficient (Wildman–Crippen LogP) is 4.78. The second-order valence-electron chi connectivity index (χ2n) is 6.66. The number of benzene rings is 1. The molecule has 0 atom stereocenters. The lowest BCUT2D eigenvalue weighted by Crippen LogP contribution is -2.41. The number of hydrogen-bond acceptors (Lipinski definition) is 3. The topological polar surface area (TPSA) is 49.4 Å². The number of rotatable bonds is 3. The van der Waals surface area contributed by atoms with E-state index in [2.05, 4.69) is 5.32 Å². The monoisotopic (exact) mass is 370 g/mol. The molecule has 0 bridgehead atoms. The van der Waals surface area contributed by atoms with Gasteiger partial charge in [0.2, 0.25) is 0 Å². The minimum Gasteiger partial charge on any atom is -0.303 e. The third-order valence-electron chi connectivity index (χ3n) is 4.89. The Hall–Kier alpha value is -2.47. The fraction of sp³-hybridized carbons (Fsp3) is 0.300. The van der Waals surface area contributed by atoms with Crippen LogP contribution >= 0.6 is 11.3 Å². The van der Waals surface area contributed by atoms with E-state index in [1.807, 2.05) is 12.1 Å². The highest BCUT2D eigenvalue weighted by molar-refractivity contribution is 7.16. The molecule has 26 heavy (non-hydrogen) atoms. The van der Waals surface area contributed by atoms with Gasteiger partial charge in [0.05, 0.1) is 0 Å². The lowest BCUT2D eigenvalue weighted by molar-refractivity contribution is -0.124. The molecule has 0 spiro atoms. The van der Waals surface area contributed by atoms with E-state index in [4.69, 9.17) is 0 Å². The van der Waals surface area contributed by atoms with Crippen LogP contribution in [0.25, 0.3) is 16.5 Å². The predicted molar refractivity (Wildman–Crippen MR) is 99.9 cm³/mol. The number of carbonyl (C=O) groups is 2. The van der Waals surface area contributed by atoms with Gasteiger partial charge in [-0.1, -0.05) is 31.4 Å². The molecular weight excluding hydrogens is 351 g/mol. The van der Waals surface area contributed by atoms with Crippen LogP contribution in [0.4, 0.5) is 9.18 Å². The molecule has 1 aromatic carbocycles. The Morgan fingerprint density at radius 1 is 1.04 bits per heavy atom. The Morgan fingerprint density at radius 3 is 2.50 bits per heavy atom. The van der Waals surface area contributed by atoms with Crippen molar-refractivity contribution in [2.75, 3.05) is 0 Å². The normalized spacial score (nSPS) is 20.0. The van der Waals surface area contributed by atoms with Gasteiger partial charge in [-0.15, -0.1) is 11.3 Å². The Morgan fingerprint density at radius 2 is 1.77 bits per heavy atom. The van der Waals surface area contributed by atoms with Crippen LogP contribution in [0.3, 0.4) is 0 Å². The summed E-state index contributed by atoms with van der Waals surface area (Å²) in [7, 11) is 0. The molecule has 0 unspecified atom stereocenters. The Bertz CT molecular complexity index is 866. The van der Waals surface area contributed by atoms with Gasteiger partial charge in [-0.2, -0.15) is 0 Å². The van der Waals surface area contributed by atoms with Crippen molar-refractivity contribution in [3.05, 3.63) is 52.8 Å². The van der Waals surface area contributed by atoms with Crippen LogP contribution in [-0.2, 0) is 4.79 Å². The molecule has 134 valence electrons. The highest BCUT2D eigenvalue weighted by atomic mass is 32.1. The van der Waals surface area contributed by atoms with Gasteiger partial charge in [-0.05, 0) is 48.7 Å². The first-order valence-corrected chi connectivity index (χ1v) is 9.65. The largest absolute Gasteiger partial charge is 0.329 e. The molecule has 1 saturated carbocycles. The molecule has 1 N–H and O–H groups in total. The fourth-order valence-electron chi connectivity index (χ4n) is 3.56. The number of halogens is 1. The molecular formula is C20H19FN2O2S. The van der Waals surface area contributed by atoms with Gasteiger partial charge in [0.1, 0.15) is 11.5 Å². The van der Waals surface area contributed by atoms with Crippen molar-refractivity contribution in [3.63, 3.8) is 0 Å². The molecule has 2 aliphatic rings. The van der Waals surface area contributed by atoms with E-state index >= 15 is 0 Å². The highest BCUT2D eigenvalue weighted by Crippen LogP contribution is 2.31. The molecule has 4 nitrogen and oxygen atoms in total. The van der Waals surface area contributed by atoms with Crippen LogP contribution in [0.5, 0.6) is 0 Å². The molecule has 1 saturated heterocycles. The zero-order valence-electron chi connectivity index (χ0n) is 14.2. The van der Waals surface area contributed by atoms with Gasteiger partial charge in [0.15, 0.2) is 0 Å². The van der Waals surface area contributed by atoms with Crippen LogP contribution in [0, 0.1) is 5.82 Å². The lowest BCUT2D eigenvalue weighted by Gasteiger charge is -2.28. The van der Waals surface area contributed by atoms with Crippen LogP contribution in [0.2, 0.25) is 0 Å². The molecule has 1 aromatic heterocycles. The molecule has 2 heterocycles. The standard InChI is InChI=1S/C20H19FN2O2S/c21-14-8-6-13(7-9-14)18-11-10-16(26-18)12-17-19(24)23(20(25)22-17)15-4-2-1-3-5-15/h6-12,15H,1-5H2,(H,22,25)/b17-12-. The van der Waals surface area contributed by atoms with Crippen LogP contribution < -0.4 is 5.32 Å². The molecule has 3 amide bonds. The summed E-state index contributed by atoms with van der Waals surface area (Å²) in [5.74, 6) is -0.506. The van der Waals surface area contributed by atoms with Crippen molar-refractivity contribution < 1.29 is 14.0 Å². The number of carbonyl (C=O) groups excluding carboxylic acids is 2. The van der Waals surface area contributed by atoms with E-state index in [-0.39, 0.29) is 23.8 Å². The third kappa shape index (κ3) is 3.29. The Kier molecular flexibility index (Phi) is 4.59. The van der Waals surface area contributed by atoms with Gasteiger partial charge in [0, 0.05) is 15.8 Å². The second kappa shape index (κ2) is 7.03. The third-order valence-corrected chi connectivity index (χ3v) is 5.97. The Balaban J connectivity index is 1.54. The highest BCUT2D eigenvalue weighted by Gasteiger charge is 2.38. The molecule has 1 aliphatic heterocycles. The van der Waals surface area contributed by atoms with Crippen LogP contribution in [-0.4, -0.2) is 22.9 Å². The van der Waals surface area contributed by atoms with Gasteiger partial charge in [0.25, 0.3) is 5.91 Å². The maximum Gasteiger partial charge on any atom is 0.329 e. The number of amides is 3. The van der Waals surface area contributed by atoms with Crippen LogP contribution in [0.1, 0.15) is 37.0 Å². The number of urea groups is 1. The van der Waals surface area contributed by atoms with Gasteiger partial charge in [-0.25, -0.2) is 9.18 Å². The van der Waals surface area contributed by atoms with Crippen molar-refractivity contribution in [2.45, 2.75) is 38.1 Å². The second-order valence-corrected chi connectivity index (χ2v) is 7.78. The summed E-state index contributed by atoms with van der Waals surface area (Å²) in [6.45, 7) is 0. The number of imide groups is 1. The van der Waals surface area contributed by atoms with Gasteiger partial charge in [-0.3, -0.25) is 9.69 Å². The van der Waals surface area contributed by atoms with E-state index in [1.165, 1.54) is 34.8 Å². The zero-order chi connectivity index (χ0) is 18.1. The smallest absolute Gasteiger partial charge is 0.303 e. The maximum atomic E-state index is 13.1. The van der Waals surface area contributed by atoms with E-state index in [9.17, 15) is 14.0 Å². The number of hydrogen-bond donors (Lipinski definition) is 1. The quantitative estimate of drug-likeness (QED) is 0.624. The zero-order valence-corrected chi connectivity index (χ0v) is 15.0. The van der Waals surface area contributed by atoms with Crippen molar-refractivity contribution >= 4 is 29.4 Å². The summed E-state index contributed by atoms with van der Waals surface area (Å²) >= 11 is 1.50. The molecule has 2 aromatic rings. The average Bonchev–Trinajstić information content (AvgIpc) is 3.21. The summed E-state index contributed by atoms with van der Waals surface area (Å²) in [4.78, 5) is 28.2. The fourth-order valence-corrected chi connectivity index (χ4v) is 4.52. The van der Waals surface area contributed by atoms with Gasteiger partial charge < -0.3 is 5.32 Å². The summed E-state index contributed by atoms with van der Waals surface area (Å²) in [5.41, 5.74) is 1.25. The van der Waals surface area contributed by atoms with Crippen LogP contribution in [0.15, 0.2) is 42.1 Å². The average molecular weight is 370 g/mol. The number of nitrogens with one attached hydrogen (secondary N) is 1. The molecule has 4 rings (SSSR count). The molecule has 2 fully saturated rings. The first-order valence-electron chi connectivity index (χ1n) is 8.84. The first kappa shape index (κ1) is 17.0. The van der Waals surface area contributed by atoms with Crippen molar-refractivity contribution in [1.82, 2.24) is 10.2 Å². The minimum absolute atomic E-state index is 0.0141. The van der Waals surface area contributed by atoms with Crippen molar-refractivity contribution in [3.8, 4) is 10.4 Å². The van der Waals surface area contributed by atoms with E-state index in [0.29, 0.717) is 5.70 Å². The SMILES string of the molecule is O=C1N/C(=C\c2ccc(-c3ccc(F)cc3)s2)C(=O)N1C1CCCCC1. The lowest BCUT2D eigenvalue weighted by atomic mass is 9.94. The van der Waals surface area contributed by atoms with E-state index in [1.54, 1.807) is 18.2 Å². The summed E-state index contributed by atoms with van der Waals surface area (Å²) in [5, 5.41) is 2.71. The summed E-state index contributed by atoms with van der Waals surface area (Å²) in [6.07, 6.45) is 6.80. The Labute approximate surface area is 155 Å². The molecule has 0 radical (unpaired) electrons. The first-order chi connectivity index (χ1) is 12.6. The number of thiophene rings is 1. The molecule has 1 aliphatic carbocycles. The minimum atomic E-state index is -0.316. The van der Waals surface area contributed by atoms with Gasteiger partial charge >= 0.3 is 6.03 Å². The number of nitrogens with zero attached hydrogens (tertiary/aromatic N) is 1. The maximum absolute atomic E-state index is 13.1. The summed E-state index contributed by atoms with van der Waals surface area (Å²) < 4.78 is 13.1. The van der Waals surface area contributed by atoms with Crippen molar-refractivity contribution in [2.24, 2.45) is 0 Å². The van der Waals surface area contributed by atoms with E-state index in [0.717, 1.165) is 41.0 Å². The molecule has 6 heteroatoms. The van der Waals surface area contributed by atoms with E-state index < -0.39 is 0 Å². The van der Waals surface area contributed by atoms with Crippen molar-refractivity contribution in [1.29, 1.82) is 0 Å².